The van der Waals surface area contributed by atoms with Crippen molar-refractivity contribution in [1.29, 1.82) is 0 Å². The summed E-state index contributed by atoms with van der Waals surface area (Å²) in [7, 11) is 0. The Kier molecular flexibility index (Phi) is 5.25. The zero-order valence-corrected chi connectivity index (χ0v) is 14.2. The molecule has 1 aliphatic rings. The number of anilines is 1. The van der Waals surface area contributed by atoms with Crippen LogP contribution in [0.15, 0.2) is 29.9 Å². The molecular formula is C16H19N5O3S. The minimum Gasteiger partial charge on any atom is -0.391 e. The van der Waals surface area contributed by atoms with E-state index in [4.69, 9.17) is 5.73 Å². The van der Waals surface area contributed by atoms with Gasteiger partial charge in [-0.2, -0.15) is 0 Å². The third kappa shape index (κ3) is 4.31. The van der Waals surface area contributed by atoms with Gasteiger partial charge in [-0.3, -0.25) is 14.6 Å². The fourth-order valence-electron chi connectivity index (χ4n) is 2.86. The Balaban J connectivity index is 1.52. The molecule has 0 radical (unpaired) electrons. The van der Waals surface area contributed by atoms with Crippen molar-refractivity contribution in [3.63, 3.8) is 0 Å². The lowest BCUT2D eigenvalue weighted by atomic mass is 10.1. The molecule has 5 N–H and O–H groups in total. The van der Waals surface area contributed by atoms with Gasteiger partial charge in [0.1, 0.15) is 5.69 Å². The first-order chi connectivity index (χ1) is 12.0. The molecular weight excluding hydrogens is 342 g/mol. The zero-order valence-electron chi connectivity index (χ0n) is 13.4. The van der Waals surface area contributed by atoms with Crippen molar-refractivity contribution in [3.05, 3.63) is 41.2 Å². The number of carbonyl (C=O) groups excluding carboxylic acids is 2. The Bertz CT molecular complexity index is 751. The van der Waals surface area contributed by atoms with Gasteiger partial charge in [0.05, 0.1) is 12.1 Å². The number of hydrogen-bond acceptors (Lipinski definition) is 7. The number of rotatable bonds is 5. The van der Waals surface area contributed by atoms with Crippen LogP contribution in [0, 0.1) is 5.92 Å². The molecule has 0 aliphatic heterocycles. The first-order valence-corrected chi connectivity index (χ1v) is 8.77. The molecule has 9 heteroatoms. The molecule has 2 aromatic heterocycles. The summed E-state index contributed by atoms with van der Waals surface area (Å²) in [5.74, 6) is -0.886. The number of nitrogens with zero attached hydrogens (tertiary/aromatic N) is 2. The molecule has 1 saturated carbocycles. The Morgan fingerprint density at radius 2 is 2.24 bits per heavy atom. The second kappa shape index (κ2) is 7.58. The fraction of sp³-hybridized carbons (Fsp3) is 0.375. The van der Waals surface area contributed by atoms with Crippen molar-refractivity contribution < 1.29 is 14.7 Å². The third-order valence-corrected chi connectivity index (χ3v) is 4.83. The lowest BCUT2D eigenvalue weighted by Gasteiger charge is -2.15. The number of amides is 2. The Morgan fingerprint density at radius 3 is 2.92 bits per heavy atom. The molecule has 1 aliphatic carbocycles. The number of thiazole rings is 1. The van der Waals surface area contributed by atoms with E-state index in [2.05, 4.69) is 20.6 Å². The molecule has 2 amide bonds. The van der Waals surface area contributed by atoms with E-state index >= 15 is 0 Å². The SMILES string of the molecule is Nc1nc(C(=O)N[C@H]2C[C@H](C(=O)NCc3cccnc3)C[C@@H]2O)cs1. The van der Waals surface area contributed by atoms with E-state index < -0.39 is 18.1 Å². The first-order valence-electron chi connectivity index (χ1n) is 7.89. The molecule has 0 spiro atoms. The molecule has 0 bridgehead atoms. The smallest absolute Gasteiger partial charge is 0.271 e. The summed E-state index contributed by atoms with van der Waals surface area (Å²) in [4.78, 5) is 32.3. The first kappa shape index (κ1) is 17.3. The van der Waals surface area contributed by atoms with E-state index in [1.54, 1.807) is 23.8 Å². The Morgan fingerprint density at radius 1 is 1.40 bits per heavy atom. The molecule has 2 aromatic rings. The van der Waals surface area contributed by atoms with Gasteiger partial charge >= 0.3 is 0 Å². The number of nitrogens with one attached hydrogen (secondary N) is 2. The second-order valence-corrected chi connectivity index (χ2v) is 6.86. The zero-order chi connectivity index (χ0) is 17.8. The van der Waals surface area contributed by atoms with Gasteiger partial charge in [-0.1, -0.05) is 6.07 Å². The van der Waals surface area contributed by atoms with Crippen LogP contribution in [0.2, 0.25) is 0 Å². The van der Waals surface area contributed by atoms with Crippen molar-refractivity contribution in [2.24, 2.45) is 5.92 Å². The summed E-state index contributed by atoms with van der Waals surface area (Å²) in [5.41, 5.74) is 6.64. The molecule has 132 valence electrons. The molecule has 1 fully saturated rings. The van der Waals surface area contributed by atoms with Gasteiger partial charge in [-0.25, -0.2) is 4.98 Å². The van der Waals surface area contributed by atoms with Crippen LogP contribution >= 0.6 is 11.3 Å². The molecule has 3 atom stereocenters. The Labute approximate surface area is 148 Å². The largest absolute Gasteiger partial charge is 0.391 e. The number of nitrogen functional groups attached to an aromatic ring is 1. The summed E-state index contributed by atoms with van der Waals surface area (Å²) in [6.07, 6.45) is 3.27. The average Bonchev–Trinajstić information content (AvgIpc) is 3.20. The maximum atomic E-state index is 12.3. The van der Waals surface area contributed by atoms with E-state index in [1.807, 2.05) is 6.07 Å². The molecule has 2 heterocycles. The minimum absolute atomic E-state index is 0.141. The van der Waals surface area contributed by atoms with Gasteiger partial charge in [-0.15, -0.1) is 11.3 Å². The van der Waals surface area contributed by atoms with Crippen molar-refractivity contribution in [2.75, 3.05) is 5.73 Å². The summed E-state index contributed by atoms with van der Waals surface area (Å²) in [5, 5.41) is 17.6. The normalized spacial score (nSPS) is 22.5. The van der Waals surface area contributed by atoms with Crippen LogP contribution in [0.3, 0.4) is 0 Å². The molecule has 0 saturated heterocycles. The van der Waals surface area contributed by atoms with Crippen LogP contribution in [0.1, 0.15) is 28.9 Å². The maximum absolute atomic E-state index is 12.3. The van der Waals surface area contributed by atoms with E-state index in [0.717, 1.165) is 5.56 Å². The molecule has 8 nitrogen and oxygen atoms in total. The van der Waals surface area contributed by atoms with Gasteiger partial charge in [-0.05, 0) is 24.5 Å². The highest BCUT2D eigenvalue weighted by Crippen LogP contribution is 2.27. The highest BCUT2D eigenvalue weighted by Gasteiger charge is 2.37. The van der Waals surface area contributed by atoms with Gasteiger partial charge in [0.25, 0.3) is 5.91 Å². The molecule has 3 rings (SSSR count). The van der Waals surface area contributed by atoms with Crippen molar-refractivity contribution in [3.8, 4) is 0 Å². The van der Waals surface area contributed by atoms with Gasteiger partial charge in [0, 0.05) is 30.2 Å². The summed E-state index contributed by atoms with van der Waals surface area (Å²) in [6.45, 7) is 0.383. The topological polar surface area (TPSA) is 130 Å². The maximum Gasteiger partial charge on any atom is 0.271 e. The van der Waals surface area contributed by atoms with Gasteiger partial charge in [0.15, 0.2) is 5.13 Å². The highest BCUT2D eigenvalue weighted by atomic mass is 32.1. The number of aromatic nitrogens is 2. The average molecular weight is 361 g/mol. The van der Waals surface area contributed by atoms with E-state index in [-0.39, 0.29) is 17.5 Å². The van der Waals surface area contributed by atoms with Crippen molar-refractivity contribution in [2.45, 2.75) is 31.5 Å². The molecule has 0 aromatic carbocycles. The number of aliphatic hydroxyl groups excluding tert-OH is 1. The molecule has 25 heavy (non-hydrogen) atoms. The van der Waals surface area contributed by atoms with Gasteiger partial charge in [0.2, 0.25) is 5.91 Å². The second-order valence-electron chi connectivity index (χ2n) is 5.97. The van der Waals surface area contributed by atoms with Gasteiger partial charge < -0.3 is 21.5 Å². The highest BCUT2D eigenvalue weighted by molar-refractivity contribution is 7.13. The van der Waals surface area contributed by atoms with Crippen LogP contribution in [0.25, 0.3) is 0 Å². The van der Waals surface area contributed by atoms with Crippen LogP contribution < -0.4 is 16.4 Å². The third-order valence-electron chi connectivity index (χ3n) is 4.16. The summed E-state index contributed by atoms with van der Waals surface area (Å²) < 4.78 is 0. The van der Waals surface area contributed by atoms with E-state index in [1.165, 1.54) is 11.3 Å². The number of hydrogen-bond donors (Lipinski definition) is 4. The molecule has 0 unspecified atom stereocenters. The van der Waals surface area contributed by atoms with Crippen LogP contribution in [0.4, 0.5) is 5.13 Å². The number of aliphatic hydroxyl groups is 1. The minimum atomic E-state index is -0.769. The van der Waals surface area contributed by atoms with Crippen LogP contribution in [-0.4, -0.2) is 39.0 Å². The van der Waals surface area contributed by atoms with Crippen LogP contribution in [-0.2, 0) is 11.3 Å². The lowest BCUT2D eigenvalue weighted by Crippen LogP contribution is -2.40. The number of nitrogens with two attached hydrogens (primary N) is 1. The van der Waals surface area contributed by atoms with E-state index in [9.17, 15) is 14.7 Å². The fourth-order valence-corrected chi connectivity index (χ4v) is 3.40. The summed E-state index contributed by atoms with van der Waals surface area (Å²) in [6, 6.07) is 3.20. The number of carbonyl (C=O) groups is 2. The standard InChI is InChI=1S/C16H19N5O3S/c17-16-21-12(8-25-16)15(24)20-11-4-10(5-13(11)22)14(23)19-7-9-2-1-3-18-6-9/h1-3,6,8,10-11,13,22H,4-5,7H2,(H2,17,21)(H,19,23)(H,20,24)/t10-,11-,13-/m0/s1. The predicted octanol–water partition coefficient (Wildman–Crippen LogP) is 0.306. The van der Waals surface area contributed by atoms with Crippen molar-refractivity contribution in [1.82, 2.24) is 20.6 Å². The quantitative estimate of drug-likeness (QED) is 0.606. The number of pyridine rings is 1. The Hall–Kier alpha value is -2.52. The lowest BCUT2D eigenvalue weighted by molar-refractivity contribution is -0.125. The van der Waals surface area contributed by atoms with E-state index in [0.29, 0.717) is 24.5 Å². The van der Waals surface area contributed by atoms with Crippen molar-refractivity contribution >= 4 is 28.3 Å². The summed E-state index contributed by atoms with van der Waals surface area (Å²) >= 11 is 1.18. The predicted molar refractivity (Wildman–Crippen MR) is 92.6 cm³/mol. The van der Waals surface area contributed by atoms with Crippen LogP contribution in [0.5, 0.6) is 0 Å². The monoisotopic (exact) mass is 361 g/mol.